The molecule has 4 rings (SSSR count). The molecule has 3 heterocycles. The number of carbonyl (C=O) groups excluding carboxylic acids is 1. The van der Waals surface area contributed by atoms with E-state index in [2.05, 4.69) is 32.7 Å². The van der Waals surface area contributed by atoms with Crippen molar-refractivity contribution in [2.75, 3.05) is 45.3 Å². The number of carboxylic acids is 1. The first-order chi connectivity index (χ1) is 19.8. The van der Waals surface area contributed by atoms with Crippen molar-refractivity contribution in [3.05, 3.63) is 50.8 Å². The van der Waals surface area contributed by atoms with Gasteiger partial charge in [-0.2, -0.15) is 0 Å². The summed E-state index contributed by atoms with van der Waals surface area (Å²) in [5, 5.41) is 15.7. The summed E-state index contributed by atoms with van der Waals surface area (Å²) < 4.78 is 18.7. The van der Waals surface area contributed by atoms with Crippen molar-refractivity contribution in [3.63, 3.8) is 0 Å². The molecule has 0 unspecified atom stereocenters. The molecule has 0 spiro atoms. The summed E-state index contributed by atoms with van der Waals surface area (Å²) in [4.78, 5) is 50.7. The first-order valence-corrected chi connectivity index (χ1v) is 14.5. The normalized spacial score (nSPS) is 16.9. The smallest absolute Gasteiger partial charge is 0.326 e. The fourth-order valence-corrected chi connectivity index (χ4v) is 5.61. The number of hydrogen-bond donors (Lipinski definition) is 4. The lowest BCUT2D eigenvalue weighted by Gasteiger charge is -2.27. The van der Waals surface area contributed by atoms with Gasteiger partial charge in [0.25, 0.3) is 5.56 Å². The number of aryl methyl sites for hydroxylation is 2. The van der Waals surface area contributed by atoms with Crippen LogP contribution >= 0.6 is 11.6 Å². The summed E-state index contributed by atoms with van der Waals surface area (Å²) in [5.74, 6) is -0.796. The van der Waals surface area contributed by atoms with Gasteiger partial charge in [-0.15, -0.1) is 0 Å². The number of hydrogen-bond acceptors (Lipinski definition) is 8. The molecule has 1 aliphatic heterocycles. The Morgan fingerprint density at radius 2 is 2.10 bits per heavy atom. The van der Waals surface area contributed by atoms with E-state index in [1.807, 2.05) is 4.90 Å². The number of carbonyl (C=O) groups is 2. The van der Waals surface area contributed by atoms with Gasteiger partial charge in [-0.25, -0.2) is 19.2 Å². The number of amides is 1. The van der Waals surface area contributed by atoms with Crippen LogP contribution in [0.4, 0.5) is 10.2 Å². The van der Waals surface area contributed by atoms with Crippen LogP contribution in [0, 0.1) is 0 Å². The van der Waals surface area contributed by atoms with Crippen molar-refractivity contribution in [1.82, 2.24) is 25.2 Å². The number of pyridine rings is 1. The number of aromatic nitrogens is 3. The molecule has 13 heteroatoms. The summed E-state index contributed by atoms with van der Waals surface area (Å²) in [7, 11) is 1.44. The number of alkyl halides is 1. The Balaban J connectivity index is 1.34. The molecular formula is C28H38ClFN6O5. The van der Waals surface area contributed by atoms with E-state index < -0.39 is 41.7 Å². The van der Waals surface area contributed by atoms with Gasteiger partial charge in [0, 0.05) is 32.4 Å². The van der Waals surface area contributed by atoms with Crippen molar-refractivity contribution >= 4 is 29.3 Å². The number of anilines is 1. The van der Waals surface area contributed by atoms with Crippen molar-refractivity contribution in [2.24, 2.45) is 0 Å². The van der Waals surface area contributed by atoms with Crippen molar-refractivity contribution in [1.29, 1.82) is 0 Å². The average Bonchev–Trinajstić information content (AvgIpc) is 3.77. The number of rotatable bonds is 16. The number of nitrogens with one attached hydrogen (secondary N) is 3. The largest absolute Gasteiger partial charge is 0.480 e. The van der Waals surface area contributed by atoms with Gasteiger partial charge in [0.15, 0.2) is 0 Å². The second kappa shape index (κ2) is 14.2. The minimum Gasteiger partial charge on any atom is -0.480 e. The van der Waals surface area contributed by atoms with Crippen LogP contribution in [0.15, 0.2) is 23.3 Å². The Kier molecular flexibility index (Phi) is 10.7. The quantitative estimate of drug-likeness (QED) is 0.170. The maximum absolute atomic E-state index is 13.5. The minimum atomic E-state index is -1.20. The van der Waals surface area contributed by atoms with E-state index in [1.54, 1.807) is 0 Å². The van der Waals surface area contributed by atoms with Crippen molar-refractivity contribution < 1.29 is 23.8 Å². The predicted molar refractivity (Wildman–Crippen MR) is 152 cm³/mol. The van der Waals surface area contributed by atoms with Crippen LogP contribution in [-0.4, -0.2) is 88.9 Å². The van der Waals surface area contributed by atoms with Gasteiger partial charge in [0.2, 0.25) is 5.91 Å². The third kappa shape index (κ3) is 7.81. The van der Waals surface area contributed by atoms with Gasteiger partial charge < -0.3 is 30.4 Å². The van der Waals surface area contributed by atoms with E-state index in [1.165, 1.54) is 12.7 Å². The Morgan fingerprint density at radius 3 is 2.78 bits per heavy atom. The SMILES string of the molecule is CO[C@H](CF)CN(CCCCc1ccc2c(n1)NCCC2)CC[C@H](NC(=O)C1(c2c(Cl)nc[nH]c2=O)CC1)C(=O)O. The Hall–Kier alpha value is -3.09. The molecule has 2 aromatic rings. The first kappa shape index (κ1) is 30.9. The maximum atomic E-state index is 13.5. The molecule has 0 bridgehead atoms. The number of aliphatic carboxylic acids is 1. The van der Waals surface area contributed by atoms with Crippen LogP contribution in [0.3, 0.4) is 0 Å². The number of halogens is 2. The van der Waals surface area contributed by atoms with Crippen molar-refractivity contribution in [3.8, 4) is 0 Å². The second-order valence-corrected chi connectivity index (χ2v) is 11.1. The standard InChI is InChI=1S/C28H38ClFN6O5/c1-41-20(15-30)16-36(13-3-2-6-19-8-7-18-5-4-12-31-24(18)34-19)14-9-21(26(38)39)35-27(40)28(10-11-28)22-23(29)32-17-33-25(22)37/h7-8,17,20-21H,2-6,9-16H2,1H3,(H,31,34)(H,35,40)(H,38,39)(H,32,33,37)/t20-,21+/m1/s1. The number of fused-ring (bicyclic) bond motifs is 1. The van der Waals surface area contributed by atoms with Crippen LogP contribution in [0.5, 0.6) is 0 Å². The highest BCUT2D eigenvalue weighted by molar-refractivity contribution is 6.30. The highest BCUT2D eigenvalue weighted by atomic mass is 35.5. The number of ether oxygens (including phenoxy) is 1. The molecule has 4 N–H and O–H groups in total. The first-order valence-electron chi connectivity index (χ1n) is 14.1. The van der Waals surface area contributed by atoms with Gasteiger partial charge in [-0.3, -0.25) is 9.59 Å². The molecule has 2 aromatic heterocycles. The molecule has 224 valence electrons. The van der Waals surface area contributed by atoms with Crippen LogP contribution in [-0.2, 0) is 32.6 Å². The molecule has 1 amide bonds. The number of aromatic amines is 1. The van der Waals surface area contributed by atoms with E-state index in [9.17, 15) is 23.9 Å². The summed E-state index contributed by atoms with van der Waals surface area (Å²) >= 11 is 6.12. The topological polar surface area (TPSA) is 150 Å². The molecule has 2 atom stereocenters. The number of methoxy groups -OCH3 is 1. The summed E-state index contributed by atoms with van der Waals surface area (Å²) in [6.45, 7) is 1.47. The highest BCUT2D eigenvalue weighted by Gasteiger charge is 2.55. The maximum Gasteiger partial charge on any atom is 0.326 e. The van der Waals surface area contributed by atoms with Crippen LogP contribution in [0.1, 0.15) is 55.3 Å². The Bertz CT molecular complexity index is 1270. The third-order valence-electron chi connectivity index (χ3n) is 7.88. The number of nitrogens with zero attached hydrogens (tertiary/aromatic N) is 3. The highest BCUT2D eigenvalue weighted by Crippen LogP contribution is 2.48. The van der Waals surface area contributed by atoms with Crippen LogP contribution in [0.25, 0.3) is 0 Å². The Labute approximate surface area is 243 Å². The second-order valence-electron chi connectivity index (χ2n) is 10.7. The summed E-state index contributed by atoms with van der Waals surface area (Å²) in [5.41, 5.74) is 0.598. The monoisotopic (exact) mass is 592 g/mol. The lowest BCUT2D eigenvalue weighted by Crippen LogP contribution is -2.48. The average molecular weight is 593 g/mol. The molecule has 1 saturated carbocycles. The number of unbranched alkanes of at least 4 members (excludes halogenated alkanes) is 1. The van der Waals surface area contributed by atoms with Crippen LogP contribution < -0.4 is 16.2 Å². The van der Waals surface area contributed by atoms with Gasteiger partial charge >= 0.3 is 5.97 Å². The molecule has 1 aliphatic carbocycles. The zero-order valence-corrected chi connectivity index (χ0v) is 24.0. The molecule has 41 heavy (non-hydrogen) atoms. The molecule has 2 aliphatic rings. The lowest BCUT2D eigenvalue weighted by atomic mass is 9.97. The van der Waals surface area contributed by atoms with E-state index >= 15 is 0 Å². The van der Waals surface area contributed by atoms with Crippen molar-refractivity contribution in [2.45, 2.75) is 68.9 Å². The van der Waals surface area contributed by atoms with Gasteiger partial charge in [0.05, 0.1) is 23.4 Å². The van der Waals surface area contributed by atoms with E-state index in [0.29, 0.717) is 32.5 Å². The van der Waals surface area contributed by atoms with E-state index in [-0.39, 0.29) is 17.1 Å². The van der Waals surface area contributed by atoms with Crippen LogP contribution in [0.2, 0.25) is 5.15 Å². The van der Waals surface area contributed by atoms with Gasteiger partial charge in [0.1, 0.15) is 23.7 Å². The molecule has 0 radical (unpaired) electrons. The third-order valence-corrected chi connectivity index (χ3v) is 8.17. The minimum absolute atomic E-state index is 0.0556. The molecular weight excluding hydrogens is 555 g/mol. The van der Waals surface area contributed by atoms with E-state index in [4.69, 9.17) is 21.3 Å². The molecule has 1 fully saturated rings. The predicted octanol–water partition coefficient (Wildman–Crippen LogP) is 2.48. The lowest BCUT2D eigenvalue weighted by molar-refractivity contribution is -0.142. The molecule has 0 saturated heterocycles. The number of carboxylic acid groups (broad SMARTS) is 1. The summed E-state index contributed by atoms with van der Waals surface area (Å²) in [6.07, 6.45) is 5.94. The van der Waals surface area contributed by atoms with Gasteiger partial charge in [-0.1, -0.05) is 17.7 Å². The Morgan fingerprint density at radius 1 is 1.29 bits per heavy atom. The van der Waals surface area contributed by atoms with Gasteiger partial charge in [-0.05, 0) is 69.5 Å². The van der Waals surface area contributed by atoms with E-state index in [0.717, 1.165) is 56.5 Å². The molecule has 11 nitrogen and oxygen atoms in total. The molecule has 0 aromatic carbocycles. The number of H-pyrrole nitrogens is 1. The fraction of sp³-hybridized carbons (Fsp3) is 0.607. The zero-order valence-electron chi connectivity index (χ0n) is 23.3. The fourth-order valence-electron chi connectivity index (χ4n) is 5.29. The summed E-state index contributed by atoms with van der Waals surface area (Å²) in [6, 6.07) is 2.99. The zero-order chi connectivity index (χ0) is 29.4.